The number of anilines is 1. The lowest BCUT2D eigenvalue weighted by molar-refractivity contribution is 0.400. The van der Waals surface area contributed by atoms with Crippen LogP contribution in [0.5, 0.6) is 5.75 Å². The number of rotatable bonds is 5. The van der Waals surface area contributed by atoms with Crippen LogP contribution in [0.25, 0.3) is 10.8 Å². The van der Waals surface area contributed by atoms with Gasteiger partial charge in [0.05, 0.1) is 0 Å². The lowest BCUT2D eigenvalue weighted by atomic mass is 10.1. The van der Waals surface area contributed by atoms with Crippen LogP contribution in [0.2, 0.25) is 0 Å². The Morgan fingerprint density at radius 3 is 2.62 bits per heavy atom. The first kappa shape index (κ1) is 15.5. The van der Waals surface area contributed by atoms with Crippen LogP contribution in [0.1, 0.15) is 6.42 Å². The van der Waals surface area contributed by atoms with Crippen molar-refractivity contribution >= 4 is 33.8 Å². The van der Waals surface area contributed by atoms with Crippen LogP contribution in [0.4, 0.5) is 5.69 Å². The molecule has 2 rings (SSSR count). The number of phenolic OH excluding ortho intramolecular Hbond substituents is 1. The maximum atomic E-state index is 9.87. The van der Waals surface area contributed by atoms with E-state index in [1.807, 2.05) is 30.3 Å². The third-order valence-corrected chi connectivity index (χ3v) is 3.46. The van der Waals surface area contributed by atoms with Crippen molar-refractivity contribution in [1.29, 1.82) is 0 Å². The molecule has 21 heavy (non-hydrogen) atoms. The number of fused-ring (bicyclic) bond motifs is 1. The first-order valence-corrected chi connectivity index (χ1v) is 7.39. The quantitative estimate of drug-likeness (QED) is 0.586. The molecule has 0 aromatic heterocycles. The van der Waals surface area contributed by atoms with Crippen LogP contribution in [0, 0.1) is 0 Å². The van der Waals surface area contributed by atoms with Gasteiger partial charge in [-0.2, -0.15) is 0 Å². The van der Waals surface area contributed by atoms with E-state index in [0.717, 1.165) is 36.0 Å². The number of benzene rings is 2. The van der Waals surface area contributed by atoms with E-state index in [-0.39, 0.29) is 5.75 Å². The molecule has 112 valence electrons. The Balaban J connectivity index is 2.00. The maximum Gasteiger partial charge on any atom is 0.170 e. The van der Waals surface area contributed by atoms with E-state index >= 15 is 0 Å². The number of nitrogens with one attached hydrogen (secondary N) is 2. The van der Waals surface area contributed by atoms with Crippen LogP contribution in [-0.2, 0) is 0 Å². The minimum atomic E-state index is 0.279. The lowest BCUT2D eigenvalue weighted by Gasteiger charge is -2.14. The summed E-state index contributed by atoms with van der Waals surface area (Å²) in [5, 5.41) is 18.6. The molecule has 0 amide bonds. The number of hydrogen-bond acceptors (Lipinski definition) is 3. The average molecular weight is 303 g/mol. The molecule has 0 radical (unpaired) electrons. The SMILES string of the molecule is CN(C)CCCNC(=S)Nc1cccc2c(O)cccc12. The normalized spacial score (nSPS) is 10.8. The molecule has 2 aromatic carbocycles. The molecule has 3 N–H and O–H groups in total. The predicted octanol–water partition coefficient (Wildman–Crippen LogP) is 2.78. The van der Waals surface area contributed by atoms with Gasteiger partial charge in [-0.05, 0) is 51.4 Å². The van der Waals surface area contributed by atoms with Gasteiger partial charge < -0.3 is 20.6 Å². The molecular formula is C16H21N3OS. The van der Waals surface area contributed by atoms with Crippen molar-refractivity contribution in [3.05, 3.63) is 36.4 Å². The zero-order valence-corrected chi connectivity index (χ0v) is 13.2. The molecule has 0 saturated heterocycles. The van der Waals surface area contributed by atoms with Crippen molar-refractivity contribution in [3.8, 4) is 5.75 Å². The molecule has 0 unspecified atom stereocenters. The largest absolute Gasteiger partial charge is 0.507 e. The van der Waals surface area contributed by atoms with E-state index < -0.39 is 0 Å². The number of phenols is 1. The second-order valence-corrected chi connectivity index (χ2v) is 5.62. The number of thiocarbonyl (C=S) groups is 1. The summed E-state index contributed by atoms with van der Waals surface area (Å²) in [7, 11) is 4.11. The molecule has 0 spiro atoms. The van der Waals surface area contributed by atoms with Gasteiger partial charge in [-0.1, -0.05) is 24.3 Å². The number of aromatic hydroxyl groups is 1. The summed E-state index contributed by atoms with van der Waals surface area (Å²) in [6, 6.07) is 11.2. The van der Waals surface area contributed by atoms with Gasteiger partial charge in [0, 0.05) is 23.0 Å². The number of nitrogens with zero attached hydrogens (tertiary/aromatic N) is 1. The fourth-order valence-electron chi connectivity index (χ4n) is 2.17. The molecule has 0 bridgehead atoms. The second kappa shape index (κ2) is 7.24. The Labute approximate surface area is 130 Å². The second-order valence-electron chi connectivity index (χ2n) is 5.22. The summed E-state index contributed by atoms with van der Waals surface area (Å²) in [6.07, 6.45) is 1.03. The van der Waals surface area contributed by atoms with Crippen molar-refractivity contribution in [2.75, 3.05) is 32.5 Å². The Morgan fingerprint density at radius 2 is 1.86 bits per heavy atom. The molecule has 0 saturated carbocycles. The molecule has 0 fully saturated rings. The van der Waals surface area contributed by atoms with Gasteiger partial charge in [-0.25, -0.2) is 0 Å². The van der Waals surface area contributed by atoms with Crippen LogP contribution in [0.3, 0.4) is 0 Å². The summed E-state index contributed by atoms with van der Waals surface area (Å²) in [5.74, 6) is 0.279. The van der Waals surface area contributed by atoms with E-state index in [1.165, 1.54) is 0 Å². The lowest BCUT2D eigenvalue weighted by Crippen LogP contribution is -2.30. The van der Waals surface area contributed by atoms with E-state index in [4.69, 9.17) is 12.2 Å². The first-order valence-electron chi connectivity index (χ1n) is 6.98. The topological polar surface area (TPSA) is 47.5 Å². The van der Waals surface area contributed by atoms with E-state index in [1.54, 1.807) is 6.07 Å². The highest BCUT2D eigenvalue weighted by Crippen LogP contribution is 2.29. The molecule has 0 aliphatic heterocycles. The van der Waals surface area contributed by atoms with Gasteiger partial charge in [-0.3, -0.25) is 0 Å². The Kier molecular flexibility index (Phi) is 5.36. The van der Waals surface area contributed by atoms with E-state index in [2.05, 4.69) is 29.6 Å². The molecular weight excluding hydrogens is 282 g/mol. The van der Waals surface area contributed by atoms with E-state index in [0.29, 0.717) is 5.11 Å². The summed E-state index contributed by atoms with van der Waals surface area (Å²) >= 11 is 5.31. The van der Waals surface area contributed by atoms with Gasteiger partial charge in [0.1, 0.15) is 5.75 Å². The van der Waals surface area contributed by atoms with Gasteiger partial charge in [0.15, 0.2) is 5.11 Å². The number of hydrogen-bond donors (Lipinski definition) is 3. The van der Waals surface area contributed by atoms with Crippen molar-refractivity contribution < 1.29 is 5.11 Å². The Hall–Kier alpha value is -1.85. The molecule has 2 aromatic rings. The van der Waals surface area contributed by atoms with Gasteiger partial charge in [-0.15, -0.1) is 0 Å². The van der Waals surface area contributed by atoms with Gasteiger partial charge in [0.25, 0.3) is 0 Å². The van der Waals surface area contributed by atoms with Gasteiger partial charge >= 0.3 is 0 Å². The zero-order valence-electron chi connectivity index (χ0n) is 12.4. The van der Waals surface area contributed by atoms with Crippen molar-refractivity contribution in [3.63, 3.8) is 0 Å². The minimum absolute atomic E-state index is 0.279. The van der Waals surface area contributed by atoms with Crippen LogP contribution >= 0.6 is 12.2 Å². The summed E-state index contributed by atoms with van der Waals surface area (Å²) in [6.45, 7) is 1.86. The molecule has 5 heteroatoms. The molecule has 0 aliphatic rings. The molecule has 4 nitrogen and oxygen atoms in total. The highest BCUT2D eigenvalue weighted by Gasteiger charge is 2.05. The monoisotopic (exact) mass is 303 g/mol. The fraction of sp³-hybridized carbons (Fsp3) is 0.312. The highest BCUT2D eigenvalue weighted by atomic mass is 32.1. The Bertz CT molecular complexity index is 628. The van der Waals surface area contributed by atoms with Crippen molar-refractivity contribution in [2.45, 2.75) is 6.42 Å². The van der Waals surface area contributed by atoms with E-state index in [9.17, 15) is 5.11 Å². The first-order chi connectivity index (χ1) is 10.1. The Morgan fingerprint density at radius 1 is 1.14 bits per heavy atom. The van der Waals surface area contributed by atoms with Crippen molar-refractivity contribution in [2.24, 2.45) is 0 Å². The van der Waals surface area contributed by atoms with Crippen LogP contribution in [0.15, 0.2) is 36.4 Å². The average Bonchev–Trinajstić information content (AvgIpc) is 2.45. The smallest absolute Gasteiger partial charge is 0.170 e. The van der Waals surface area contributed by atoms with Crippen molar-refractivity contribution in [1.82, 2.24) is 10.2 Å². The molecule has 0 heterocycles. The predicted molar refractivity (Wildman–Crippen MR) is 93.0 cm³/mol. The minimum Gasteiger partial charge on any atom is -0.507 e. The third-order valence-electron chi connectivity index (χ3n) is 3.21. The van der Waals surface area contributed by atoms with Gasteiger partial charge in [0.2, 0.25) is 0 Å². The third kappa shape index (κ3) is 4.31. The zero-order chi connectivity index (χ0) is 15.2. The summed E-state index contributed by atoms with van der Waals surface area (Å²) in [4.78, 5) is 2.14. The standard InChI is InChI=1S/C16H21N3OS/c1-19(2)11-5-10-17-16(21)18-14-8-3-7-13-12(14)6-4-9-15(13)20/h3-4,6-9,20H,5,10-11H2,1-2H3,(H2,17,18,21). The molecule has 0 atom stereocenters. The van der Waals surface area contributed by atoms with Crippen LogP contribution < -0.4 is 10.6 Å². The molecule has 0 aliphatic carbocycles. The summed E-state index contributed by atoms with van der Waals surface area (Å²) < 4.78 is 0. The highest BCUT2D eigenvalue weighted by molar-refractivity contribution is 7.80. The van der Waals surface area contributed by atoms with Crippen LogP contribution in [-0.4, -0.2) is 42.3 Å². The summed E-state index contributed by atoms with van der Waals surface area (Å²) in [5.41, 5.74) is 0.897. The maximum absolute atomic E-state index is 9.87. The fourth-order valence-corrected chi connectivity index (χ4v) is 2.38.